The number of para-hydroxylation sites is 1. The third kappa shape index (κ3) is 7.13. The van der Waals surface area contributed by atoms with Crippen LogP contribution in [0.15, 0.2) is 30.3 Å². The lowest BCUT2D eigenvalue weighted by atomic mass is 10.2. The van der Waals surface area contributed by atoms with Crippen LogP contribution in [-0.4, -0.2) is 31.3 Å². The Balaban J connectivity index is 2.47. The van der Waals surface area contributed by atoms with Gasteiger partial charge in [0.1, 0.15) is 0 Å². The Morgan fingerprint density at radius 3 is 2.53 bits per heavy atom. The molecule has 0 spiro atoms. The van der Waals surface area contributed by atoms with Gasteiger partial charge in [-0.2, -0.15) is 0 Å². The zero-order valence-electron chi connectivity index (χ0n) is 11.8. The number of anilines is 1. The highest BCUT2D eigenvalue weighted by atomic mass is 32.1. The van der Waals surface area contributed by atoms with Crippen molar-refractivity contribution in [3.05, 3.63) is 30.3 Å². The van der Waals surface area contributed by atoms with Crippen molar-refractivity contribution >= 4 is 22.9 Å². The van der Waals surface area contributed by atoms with Crippen molar-refractivity contribution in [2.45, 2.75) is 20.3 Å². The number of nitrogens with two attached hydrogens (primary N) is 1. The molecule has 1 aromatic rings. The number of thiocarbonyl (C=S) groups is 1. The smallest absolute Gasteiger partial charge is 0.0745 e. The van der Waals surface area contributed by atoms with Crippen LogP contribution in [-0.2, 0) is 4.74 Å². The topological polar surface area (TPSA) is 38.5 Å². The van der Waals surface area contributed by atoms with Crippen molar-refractivity contribution in [1.82, 2.24) is 0 Å². The Hall–Kier alpha value is -1.13. The maximum atomic E-state index is 5.65. The SMILES string of the molecule is CC(C)COCCN(CCC(N)=S)c1ccccc1. The van der Waals surface area contributed by atoms with E-state index in [9.17, 15) is 0 Å². The molecule has 0 heterocycles. The summed E-state index contributed by atoms with van der Waals surface area (Å²) < 4.78 is 5.65. The molecule has 0 saturated heterocycles. The van der Waals surface area contributed by atoms with Crippen LogP contribution in [0.3, 0.4) is 0 Å². The number of ether oxygens (including phenoxy) is 1. The summed E-state index contributed by atoms with van der Waals surface area (Å²) in [7, 11) is 0. The number of benzene rings is 1. The van der Waals surface area contributed by atoms with E-state index in [4.69, 9.17) is 22.7 Å². The molecular formula is C15H24N2OS. The number of hydrogen-bond donors (Lipinski definition) is 1. The van der Waals surface area contributed by atoms with Gasteiger partial charge in [0.25, 0.3) is 0 Å². The third-order valence-electron chi connectivity index (χ3n) is 2.71. The molecule has 0 amide bonds. The third-order valence-corrected chi connectivity index (χ3v) is 2.91. The van der Waals surface area contributed by atoms with Gasteiger partial charge in [0.05, 0.1) is 11.6 Å². The van der Waals surface area contributed by atoms with Crippen molar-refractivity contribution < 1.29 is 4.74 Å². The summed E-state index contributed by atoms with van der Waals surface area (Å²) in [6, 6.07) is 10.3. The Morgan fingerprint density at radius 2 is 1.95 bits per heavy atom. The predicted octanol–water partition coefficient (Wildman–Crippen LogP) is 2.84. The van der Waals surface area contributed by atoms with Crippen molar-refractivity contribution in [2.75, 3.05) is 31.2 Å². The molecule has 4 heteroatoms. The quantitative estimate of drug-likeness (QED) is 0.557. The van der Waals surface area contributed by atoms with E-state index in [1.807, 2.05) is 18.2 Å². The highest BCUT2D eigenvalue weighted by molar-refractivity contribution is 7.80. The summed E-state index contributed by atoms with van der Waals surface area (Å²) in [5, 5.41) is 0. The molecule has 19 heavy (non-hydrogen) atoms. The molecular weight excluding hydrogens is 256 g/mol. The Labute approximate surface area is 121 Å². The van der Waals surface area contributed by atoms with Gasteiger partial charge in [-0.3, -0.25) is 0 Å². The fourth-order valence-corrected chi connectivity index (χ4v) is 1.84. The van der Waals surface area contributed by atoms with Crippen molar-refractivity contribution in [3.8, 4) is 0 Å². The van der Waals surface area contributed by atoms with E-state index in [0.29, 0.717) is 10.9 Å². The molecule has 0 aliphatic heterocycles. The van der Waals surface area contributed by atoms with Crippen LogP contribution in [0.1, 0.15) is 20.3 Å². The van der Waals surface area contributed by atoms with Crippen LogP contribution in [0.2, 0.25) is 0 Å². The lowest BCUT2D eigenvalue weighted by molar-refractivity contribution is 0.115. The normalized spacial score (nSPS) is 10.7. The van der Waals surface area contributed by atoms with Gasteiger partial charge >= 0.3 is 0 Å². The fraction of sp³-hybridized carbons (Fsp3) is 0.533. The first-order valence-electron chi connectivity index (χ1n) is 6.75. The molecule has 1 rings (SSSR count). The molecule has 0 atom stereocenters. The maximum Gasteiger partial charge on any atom is 0.0745 e. The molecule has 0 aliphatic carbocycles. The highest BCUT2D eigenvalue weighted by Crippen LogP contribution is 2.13. The minimum atomic E-state index is 0.559. The molecule has 0 radical (unpaired) electrons. The molecule has 0 saturated carbocycles. The average molecular weight is 280 g/mol. The van der Waals surface area contributed by atoms with Gasteiger partial charge in [-0.25, -0.2) is 0 Å². The van der Waals surface area contributed by atoms with Gasteiger partial charge in [-0.05, 0) is 18.1 Å². The second kappa shape index (κ2) is 8.88. The van der Waals surface area contributed by atoms with Gasteiger partial charge in [-0.15, -0.1) is 0 Å². The molecule has 2 N–H and O–H groups in total. The van der Waals surface area contributed by atoms with Crippen LogP contribution in [0.5, 0.6) is 0 Å². The van der Waals surface area contributed by atoms with E-state index in [1.54, 1.807) is 0 Å². The first-order chi connectivity index (χ1) is 9.09. The molecule has 1 aromatic carbocycles. The lowest BCUT2D eigenvalue weighted by Gasteiger charge is -2.24. The van der Waals surface area contributed by atoms with E-state index < -0.39 is 0 Å². The summed E-state index contributed by atoms with van der Waals surface area (Å²) in [5.74, 6) is 0.571. The van der Waals surface area contributed by atoms with E-state index in [0.717, 1.165) is 32.7 Å². The van der Waals surface area contributed by atoms with Crippen molar-refractivity contribution in [1.29, 1.82) is 0 Å². The first kappa shape index (κ1) is 15.9. The zero-order valence-corrected chi connectivity index (χ0v) is 12.7. The summed E-state index contributed by atoms with van der Waals surface area (Å²) in [5.41, 5.74) is 6.77. The minimum absolute atomic E-state index is 0.559. The minimum Gasteiger partial charge on any atom is -0.393 e. The molecule has 0 aromatic heterocycles. The largest absolute Gasteiger partial charge is 0.393 e. The number of hydrogen-bond acceptors (Lipinski definition) is 3. The van der Waals surface area contributed by atoms with E-state index in [2.05, 4.69) is 30.9 Å². The van der Waals surface area contributed by atoms with Crippen LogP contribution in [0.25, 0.3) is 0 Å². The van der Waals surface area contributed by atoms with Gasteiger partial charge < -0.3 is 15.4 Å². The monoisotopic (exact) mass is 280 g/mol. The van der Waals surface area contributed by atoms with Gasteiger partial charge in [0.2, 0.25) is 0 Å². The maximum absolute atomic E-state index is 5.65. The molecule has 3 nitrogen and oxygen atoms in total. The van der Waals surface area contributed by atoms with Gasteiger partial charge in [0.15, 0.2) is 0 Å². The summed E-state index contributed by atoms with van der Waals surface area (Å²) in [4.78, 5) is 2.82. The van der Waals surface area contributed by atoms with E-state index in [-0.39, 0.29) is 0 Å². The Kier molecular flexibility index (Phi) is 7.45. The van der Waals surface area contributed by atoms with E-state index in [1.165, 1.54) is 5.69 Å². The zero-order chi connectivity index (χ0) is 14.1. The first-order valence-corrected chi connectivity index (χ1v) is 7.16. The van der Waals surface area contributed by atoms with Crippen LogP contribution in [0.4, 0.5) is 5.69 Å². The molecule has 0 fully saturated rings. The van der Waals surface area contributed by atoms with Gasteiger partial charge in [-0.1, -0.05) is 44.3 Å². The summed E-state index contributed by atoms with van der Waals surface area (Å²) in [6.07, 6.45) is 0.731. The Bertz CT molecular complexity index is 368. The average Bonchev–Trinajstić information content (AvgIpc) is 2.38. The highest BCUT2D eigenvalue weighted by Gasteiger charge is 2.06. The lowest BCUT2D eigenvalue weighted by Crippen LogP contribution is -2.31. The second-order valence-electron chi connectivity index (χ2n) is 5.01. The van der Waals surface area contributed by atoms with Gasteiger partial charge in [0, 0.05) is 31.8 Å². The number of nitrogens with zero attached hydrogens (tertiary/aromatic N) is 1. The molecule has 106 valence electrons. The standard InChI is InChI=1S/C15H24N2OS/c1-13(2)12-18-11-10-17(9-8-15(16)19)14-6-4-3-5-7-14/h3-7,13H,8-12H2,1-2H3,(H2,16,19). The molecule has 0 unspecified atom stereocenters. The fourth-order valence-electron chi connectivity index (χ4n) is 1.75. The van der Waals surface area contributed by atoms with Crippen molar-refractivity contribution in [2.24, 2.45) is 11.7 Å². The molecule has 0 aliphatic rings. The second-order valence-corrected chi connectivity index (χ2v) is 5.53. The summed E-state index contributed by atoms with van der Waals surface area (Å²) >= 11 is 4.95. The molecule has 0 bridgehead atoms. The van der Waals surface area contributed by atoms with Crippen LogP contribution < -0.4 is 10.6 Å². The Morgan fingerprint density at radius 1 is 1.26 bits per heavy atom. The van der Waals surface area contributed by atoms with Crippen LogP contribution in [0, 0.1) is 5.92 Å². The van der Waals surface area contributed by atoms with Crippen LogP contribution >= 0.6 is 12.2 Å². The number of rotatable bonds is 9. The summed E-state index contributed by atoms with van der Waals surface area (Å²) in [6.45, 7) is 7.54. The van der Waals surface area contributed by atoms with Crippen molar-refractivity contribution in [3.63, 3.8) is 0 Å². The van der Waals surface area contributed by atoms with E-state index >= 15 is 0 Å². The predicted molar refractivity (Wildman–Crippen MR) is 85.7 cm³/mol.